The SMILES string of the molecule is CCCC1CCC(/C=C/C2CCC(C(F)(F)Oc3ccc(-c4ccc(C(F)(F)F)c(F)c4)cc3)CC2)CC1. The van der Waals surface area contributed by atoms with Crippen LogP contribution in [-0.4, -0.2) is 6.11 Å². The van der Waals surface area contributed by atoms with Gasteiger partial charge in [-0.15, -0.1) is 0 Å². The second-order valence-electron chi connectivity index (χ2n) is 10.9. The van der Waals surface area contributed by atoms with E-state index in [-0.39, 0.29) is 11.3 Å². The predicted molar refractivity (Wildman–Crippen MR) is 137 cm³/mol. The highest BCUT2D eigenvalue weighted by molar-refractivity contribution is 5.64. The third kappa shape index (κ3) is 7.35. The predicted octanol–water partition coefficient (Wildman–Crippen LogP) is 10.5. The number of hydrogen-bond donors (Lipinski definition) is 0. The van der Waals surface area contributed by atoms with Crippen LogP contribution < -0.4 is 4.74 Å². The Morgan fingerprint density at radius 2 is 1.32 bits per heavy atom. The van der Waals surface area contributed by atoms with Gasteiger partial charge >= 0.3 is 12.3 Å². The van der Waals surface area contributed by atoms with Crippen LogP contribution in [0.1, 0.15) is 76.7 Å². The van der Waals surface area contributed by atoms with Gasteiger partial charge in [-0.2, -0.15) is 22.0 Å². The molecule has 2 aliphatic rings. The molecule has 2 aliphatic carbocycles. The maximum atomic E-state index is 14.9. The summed E-state index contributed by atoms with van der Waals surface area (Å²) in [5, 5.41) is 0. The Kier molecular flexibility index (Phi) is 9.15. The summed E-state index contributed by atoms with van der Waals surface area (Å²) in [7, 11) is 0. The van der Waals surface area contributed by atoms with Gasteiger partial charge in [0.2, 0.25) is 0 Å². The molecule has 0 aliphatic heterocycles. The molecule has 0 atom stereocenters. The first kappa shape index (κ1) is 28.6. The zero-order valence-electron chi connectivity index (χ0n) is 21.8. The van der Waals surface area contributed by atoms with Crippen molar-refractivity contribution in [2.75, 3.05) is 0 Å². The normalized spacial score (nSPS) is 25.0. The Morgan fingerprint density at radius 3 is 1.84 bits per heavy atom. The topological polar surface area (TPSA) is 9.23 Å². The Hall–Kier alpha value is -2.44. The number of alkyl halides is 5. The van der Waals surface area contributed by atoms with Crippen LogP contribution in [0.3, 0.4) is 0 Å². The van der Waals surface area contributed by atoms with Crippen LogP contribution in [0.5, 0.6) is 5.75 Å². The molecule has 2 aromatic carbocycles. The molecule has 2 saturated carbocycles. The quantitative estimate of drug-likeness (QED) is 0.240. The fraction of sp³-hybridized carbons (Fsp3) is 0.548. The van der Waals surface area contributed by atoms with E-state index in [1.807, 2.05) is 0 Å². The molecule has 38 heavy (non-hydrogen) atoms. The van der Waals surface area contributed by atoms with Gasteiger partial charge in [-0.25, -0.2) is 4.39 Å². The molecule has 0 radical (unpaired) electrons. The van der Waals surface area contributed by atoms with Gasteiger partial charge in [0.05, 0.1) is 11.5 Å². The first-order valence-corrected chi connectivity index (χ1v) is 13.8. The van der Waals surface area contributed by atoms with Gasteiger partial charge in [0.1, 0.15) is 11.6 Å². The number of benzene rings is 2. The average Bonchev–Trinajstić information content (AvgIpc) is 2.88. The van der Waals surface area contributed by atoms with Gasteiger partial charge in [0.25, 0.3) is 0 Å². The second-order valence-corrected chi connectivity index (χ2v) is 10.9. The van der Waals surface area contributed by atoms with E-state index in [9.17, 15) is 26.3 Å². The molecule has 2 aromatic rings. The largest absolute Gasteiger partial charge is 0.432 e. The average molecular weight is 539 g/mol. The molecule has 4 rings (SSSR count). The third-order valence-corrected chi connectivity index (χ3v) is 8.21. The fourth-order valence-electron chi connectivity index (χ4n) is 5.92. The fourth-order valence-corrected chi connectivity index (χ4v) is 5.92. The Bertz CT molecular complexity index is 1060. The van der Waals surface area contributed by atoms with Crippen molar-refractivity contribution >= 4 is 0 Å². The number of rotatable bonds is 8. The first-order valence-electron chi connectivity index (χ1n) is 13.8. The lowest BCUT2D eigenvalue weighted by Crippen LogP contribution is -2.37. The highest BCUT2D eigenvalue weighted by atomic mass is 19.4. The molecule has 0 bridgehead atoms. The lowest BCUT2D eigenvalue weighted by molar-refractivity contribution is -0.223. The minimum absolute atomic E-state index is 0.0353. The van der Waals surface area contributed by atoms with Crippen LogP contribution in [0.2, 0.25) is 0 Å². The van der Waals surface area contributed by atoms with Crippen molar-refractivity contribution in [3.63, 3.8) is 0 Å². The smallest absolute Gasteiger partial charge is 0.419 e. The third-order valence-electron chi connectivity index (χ3n) is 8.21. The molecule has 0 aromatic heterocycles. The van der Waals surface area contributed by atoms with Crippen molar-refractivity contribution in [3.8, 4) is 16.9 Å². The molecule has 1 nitrogen and oxygen atoms in total. The minimum atomic E-state index is -4.78. The number of hydrogen-bond acceptors (Lipinski definition) is 1. The molecule has 7 heteroatoms. The number of allylic oxidation sites excluding steroid dienone is 2. The summed E-state index contributed by atoms with van der Waals surface area (Å²) in [6.07, 6.45) is 6.28. The zero-order valence-corrected chi connectivity index (χ0v) is 21.8. The maximum absolute atomic E-state index is 14.9. The summed E-state index contributed by atoms with van der Waals surface area (Å²) in [6.45, 7) is 2.24. The summed E-state index contributed by atoms with van der Waals surface area (Å²) < 4.78 is 87.2. The van der Waals surface area contributed by atoms with E-state index in [2.05, 4.69) is 19.1 Å². The van der Waals surface area contributed by atoms with E-state index in [1.54, 1.807) is 0 Å². The number of ether oxygens (including phenoxy) is 1. The van der Waals surface area contributed by atoms with Crippen molar-refractivity contribution in [3.05, 3.63) is 66.0 Å². The summed E-state index contributed by atoms with van der Waals surface area (Å²) >= 11 is 0. The Balaban J connectivity index is 1.28. The summed E-state index contributed by atoms with van der Waals surface area (Å²) in [5.41, 5.74) is -0.728. The van der Waals surface area contributed by atoms with Gasteiger partial charge in [-0.1, -0.05) is 50.1 Å². The Labute approximate surface area is 221 Å². The maximum Gasteiger partial charge on any atom is 0.419 e. The molecule has 0 spiro atoms. The minimum Gasteiger partial charge on any atom is -0.432 e. The van der Waals surface area contributed by atoms with Crippen molar-refractivity contribution in [1.29, 1.82) is 0 Å². The van der Waals surface area contributed by atoms with Crippen molar-refractivity contribution in [1.82, 2.24) is 0 Å². The second kappa shape index (κ2) is 12.2. The molecule has 0 saturated heterocycles. The van der Waals surface area contributed by atoms with E-state index < -0.39 is 29.6 Å². The van der Waals surface area contributed by atoms with Crippen LogP contribution in [0.4, 0.5) is 26.3 Å². The van der Waals surface area contributed by atoms with E-state index in [1.165, 1.54) is 62.8 Å². The van der Waals surface area contributed by atoms with Crippen molar-refractivity contribution in [2.24, 2.45) is 23.7 Å². The summed E-state index contributed by atoms with van der Waals surface area (Å²) in [4.78, 5) is 0. The van der Waals surface area contributed by atoms with Crippen LogP contribution in [0, 0.1) is 29.5 Å². The molecule has 0 heterocycles. The monoisotopic (exact) mass is 538 g/mol. The molecular weight excluding hydrogens is 502 g/mol. The van der Waals surface area contributed by atoms with E-state index >= 15 is 0 Å². The van der Waals surface area contributed by atoms with E-state index in [0.717, 1.165) is 18.1 Å². The van der Waals surface area contributed by atoms with Crippen molar-refractivity contribution < 1.29 is 31.1 Å². The molecule has 2 fully saturated rings. The highest BCUT2D eigenvalue weighted by Crippen LogP contribution is 2.41. The van der Waals surface area contributed by atoms with Crippen LogP contribution in [0.15, 0.2) is 54.6 Å². The summed E-state index contributed by atoms with van der Waals surface area (Å²) in [5.74, 6) is -0.475. The van der Waals surface area contributed by atoms with Crippen LogP contribution in [0.25, 0.3) is 11.1 Å². The van der Waals surface area contributed by atoms with Crippen LogP contribution >= 0.6 is 0 Å². The summed E-state index contributed by atoms with van der Waals surface area (Å²) in [6, 6.07) is 8.16. The van der Waals surface area contributed by atoms with Gasteiger partial charge in [0, 0.05) is 0 Å². The standard InChI is InChI=1S/C31H36F6O/c1-2-3-21-4-6-22(7-5-21)8-9-23-10-15-26(16-11-23)31(36,37)38-27-17-12-24(13-18-27)25-14-19-28(29(32)20-25)30(33,34)35/h8-9,12-14,17-23,26H,2-7,10-11,15-16H2,1H3/b9-8+. The van der Waals surface area contributed by atoms with Gasteiger partial charge in [0.15, 0.2) is 0 Å². The number of halogens is 6. The van der Waals surface area contributed by atoms with Gasteiger partial charge < -0.3 is 4.74 Å². The molecule has 0 N–H and O–H groups in total. The molecule has 0 amide bonds. The highest BCUT2D eigenvalue weighted by Gasteiger charge is 2.43. The lowest BCUT2D eigenvalue weighted by atomic mass is 9.78. The first-order chi connectivity index (χ1) is 18.0. The molecule has 0 unspecified atom stereocenters. The molecule has 208 valence electrons. The van der Waals surface area contributed by atoms with Gasteiger partial charge in [-0.05, 0) is 105 Å². The zero-order chi connectivity index (χ0) is 27.3. The van der Waals surface area contributed by atoms with E-state index in [4.69, 9.17) is 4.74 Å². The molecular formula is C31H36F6O. The van der Waals surface area contributed by atoms with Crippen molar-refractivity contribution in [2.45, 2.75) is 83.4 Å². The van der Waals surface area contributed by atoms with E-state index in [0.29, 0.717) is 49.1 Å². The lowest BCUT2D eigenvalue weighted by Gasteiger charge is -2.32. The Morgan fingerprint density at radius 1 is 0.763 bits per heavy atom. The van der Waals surface area contributed by atoms with Gasteiger partial charge in [-0.3, -0.25) is 0 Å². The van der Waals surface area contributed by atoms with Crippen LogP contribution in [-0.2, 0) is 6.18 Å².